The molecule has 8 N–H and O–H groups in total. The maximum absolute atomic E-state index is 12.1. The number of carbonyl (C=O) groups is 6. The Balaban J connectivity index is 0. The largest absolute Gasteiger partial charge is 0.459 e. The van der Waals surface area contributed by atoms with E-state index >= 15 is 0 Å². The summed E-state index contributed by atoms with van der Waals surface area (Å²) in [7, 11) is 0. The summed E-state index contributed by atoms with van der Waals surface area (Å²) in [6.45, 7) is 31.8. The molecule has 2 aromatic carbocycles. The molecule has 0 aliphatic carbocycles. The number of nitrogens with two attached hydrogens (primary N) is 2. The second-order valence-corrected chi connectivity index (χ2v) is 20.5. The zero-order valence-corrected chi connectivity index (χ0v) is 43.8. The number of carbonyl (C=O) groups excluding carboxylic acids is 6. The van der Waals surface area contributed by atoms with Crippen LogP contribution in [-0.2, 0) is 60.8 Å². The van der Waals surface area contributed by atoms with Gasteiger partial charge in [0.1, 0.15) is 53.7 Å². The number of aliphatic hydroxyl groups is 2. The van der Waals surface area contributed by atoms with Crippen molar-refractivity contribution in [2.24, 2.45) is 23.3 Å². The molecule has 2 rings (SSSR count). The van der Waals surface area contributed by atoms with Crippen LogP contribution in [0.5, 0.6) is 0 Å². The van der Waals surface area contributed by atoms with E-state index in [4.69, 9.17) is 45.0 Å². The van der Waals surface area contributed by atoms with Crippen LogP contribution >= 0.6 is 0 Å². The van der Waals surface area contributed by atoms with Crippen LogP contribution in [0.2, 0.25) is 0 Å². The quantitative estimate of drug-likeness (QED) is 0.0856. The van der Waals surface area contributed by atoms with Crippen molar-refractivity contribution in [3.05, 3.63) is 71.8 Å². The fraction of sp³-hybridized carbons (Fsp3) is 0.640. The lowest BCUT2D eigenvalue weighted by molar-refractivity contribution is -0.160. The van der Waals surface area contributed by atoms with Crippen molar-refractivity contribution in [1.29, 1.82) is 0 Å². The fourth-order valence-corrected chi connectivity index (χ4v) is 4.60. The number of ether oxygens (including phenoxy) is 6. The van der Waals surface area contributed by atoms with Crippen LogP contribution in [-0.4, -0.2) is 105 Å². The molecule has 0 aliphatic rings. The lowest BCUT2D eigenvalue weighted by atomic mass is 10.0. The molecule has 0 spiro atoms. The Kier molecular flexibility index (Phi) is 28.8. The van der Waals surface area contributed by atoms with E-state index in [2.05, 4.69) is 10.6 Å². The third kappa shape index (κ3) is 33.2. The Morgan fingerprint density at radius 3 is 1.03 bits per heavy atom. The normalized spacial score (nSPS) is 14.1. The zero-order chi connectivity index (χ0) is 53.4. The Morgan fingerprint density at radius 2 is 0.750 bits per heavy atom. The Morgan fingerprint density at radius 1 is 0.456 bits per heavy atom. The predicted molar refractivity (Wildman–Crippen MR) is 259 cm³/mol. The minimum Gasteiger partial charge on any atom is -0.459 e. The first-order valence-corrected chi connectivity index (χ1v) is 22.6. The van der Waals surface area contributed by atoms with Gasteiger partial charge in [0.2, 0.25) is 0 Å². The second kappa shape index (κ2) is 30.2. The summed E-state index contributed by atoms with van der Waals surface area (Å²) in [5.74, 6) is -2.03. The molecule has 0 saturated carbocycles. The van der Waals surface area contributed by atoms with Crippen molar-refractivity contribution < 1.29 is 67.4 Å². The number of hydrogen-bond acceptors (Lipinski definition) is 16. The van der Waals surface area contributed by atoms with Gasteiger partial charge in [0, 0.05) is 0 Å². The number of esters is 4. The highest BCUT2D eigenvalue weighted by Crippen LogP contribution is 2.15. The summed E-state index contributed by atoms with van der Waals surface area (Å²) < 4.78 is 30.7. The minimum atomic E-state index is -1.18. The Hall–Kier alpha value is -5.30. The number of nitrogens with one attached hydrogen (secondary N) is 2. The summed E-state index contributed by atoms with van der Waals surface area (Å²) in [6.07, 6.45) is -3.40. The maximum Gasteiger partial charge on any atom is 0.408 e. The van der Waals surface area contributed by atoms with Gasteiger partial charge >= 0.3 is 36.1 Å². The molecule has 388 valence electrons. The van der Waals surface area contributed by atoms with Crippen LogP contribution in [0.15, 0.2) is 60.7 Å². The molecule has 2 amide bonds. The Labute approximate surface area is 404 Å². The molecule has 0 fully saturated rings. The van der Waals surface area contributed by atoms with Gasteiger partial charge in [-0.3, -0.25) is 9.59 Å². The van der Waals surface area contributed by atoms with Crippen molar-refractivity contribution in [2.45, 2.75) is 197 Å². The average Bonchev–Trinajstić information content (AvgIpc) is 3.18. The lowest BCUT2D eigenvalue weighted by Gasteiger charge is -2.26. The second-order valence-electron chi connectivity index (χ2n) is 20.5. The van der Waals surface area contributed by atoms with E-state index in [0.29, 0.717) is 0 Å². The molecular formula is C50H84N4O14. The van der Waals surface area contributed by atoms with Crippen molar-refractivity contribution in [3.8, 4) is 0 Å². The van der Waals surface area contributed by atoms with Crippen LogP contribution in [0, 0.1) is 11.8 Å². The Bertz CT molecular complexity index is 1660. The number of rotatable bonds is 14. The van der Waals surface area contributed by atoms with Crippen LogP contribution in [0.25, 0.3) is 0 Å². The van der Waals surface area contributed by atoms with E-state index in [1.165, 1.54) is 13.8 Å². The van der Waals surface area contributed by atoms with E-state index < -0.39 is 88.9 Å². The molecule has 18 heteroatoms. The monoisotopic (exact) mass is 965 g/mol. The van der Waals surface area contributed by atoms with Gasteiger partial charge in [-0.1, -0.05) is 88.4 Å². The first kappa shape index (κ1) is 64.8. The van der Waals surface area contributed by atoms with Crippen LogP contribution in [0.3, 0.4) is 0 Å². The average molecular weight is 965 g/mol. The maximum atomic E-state index is 12.1. The van der Waals surface area contributed by atoms with E-state index in [1.54, 1.807) is 62.3 Å². The van der Waals surface area contributed by atoms with Crippen LogP contribution in [0.4, 0.5) is 9.59 Å². The molecule has 0 heterocycles. The molecule has 0 aromatic heterocycles. The van der Waals surface area contributed by atoms with E-state index in [1.807, 2.05) is 109 Å². The summed E-state index contributed by atoms with van der Waals surface area (Å²) in [4.78, 5) is 70.0. The number of hydrogen-bond donors (Lipinski definition) is 6. The molecule has 0 aliphatic heterocycles. The predicted octanol–water partition coefficient (Wildman–Crippen LogP) is 6.63. The molecule has 0 unspecified atom stereocenters. The molecule has 18 nitrogen and oxygen atoms in total. The molecular weight excluding hydrogens is 881 g/mol. The lowest BCUT2D eigenvalue weighted by Crippen LogP contribution is -2.50. The molecule has 6 atom stereocenters. The highest BCUT2D eigenvalue weighted by Gasteiger charge is 2.32. The summed E-state index contributed by atoms with van der Waals surface area (Å²) in [6, 6.07) is 15.1. The van der Waals surface area contributed by atoms with E-state index in [-0.39, 0.29) is 31.0 Å². The SMILES string of the molecule is CC(C)[C@H](N)C(=O)OC(C)(C)C.CC(C)[C@H](NC(=O)OCc1ccccc1)C(=O)OC(C)(C)C.C[C@@H](O)[C@H](N)C(=O)OC(C)(C)C.C[C@@H](O)[C@H](NC(=O)OCc1ccccc1)C(=O)OC(C)(C)C. The van der Waals surface area contributed by atoms with Gasteiger partial charge in [-0.05, 0) is 120 Å². The van der Waals surface area contributed by atoms with E-state index in [9.17, 15) is 33.9 Å². The van der Waals surface area contributed by atoms with Crippen molar-refractivity contribution >= 4 is 36.1 Å². The number of benzene rings is 2. The van der Waals surface area contributed by atoms with Gasteiger partial charge in [0.05, 0.1) is 12.2 Å². The summed E-state index contributed by atoms with van der Waals surface area (Å²) >= 11 is 0. The highest BCUT2D eigenvalue weighted by molar-refractivity contribution is 5.83. The first-order valence-electron chi connectivity index (χ1n) is 22.6. The van der Waals surface area contributed by atoms with Crippen molar-refractivity contribution in [2.75, 3.05) is 0 Å². The third-order valence-corrected chi connectivity index (χ3v) is 8.04. The number of aliphatic hydroxyl groups excluding tert-OH is 2. The fourth-order valence-electron chi connectivity index (χ4n) is 4.60. The van der Waals surface area contributed by atoms with Gasteiger partial charge < -0.3 is 60.7 Å². The molecule has 0 saturated heterocycles. The van der Waals surface area contributed by atoms with Gasteiger partial charge in [-0.15, -0.1) is 0 Å². The number of alkyl carbamates (subject to hydrolysis) is 2. The third-order valence-electron chi connectivity index (χ3n) is 8.04. The smallest absolute Gasteiger partial charge is 0.408 e. The van der Waals surface area contributed by atoms with Crippen LogP contribution < -0.4 is 22.1 Å². The summed E-state index contributed by atoms with van der Waals surface area (Å²) in [5, 5.41) is 23.5. The zero-order valence-electron chi connectivity index (χ0n) is 43.8. The first-order chi connectivity index (χ1) is 30.9. The van der Waals surface area contributed by atoms with Gasteiger partial charge in [0.25, 0.3) is 0 Å². The minimum absolute atomic E-state index is 0.0769. The summed E-state index contributed by atoms with van der Waals surface area (Å²) in [5.41, 5.74) is 10.3. The molecule has 68 heavy (non-hydrogen) atoms. The molecule has 2 aromatic rings. The van der Waals surface area contributed by atoms with Crippen LogP contribution in [0.1, 0.15) is 136 Å². The van der Waals surface area contributed by atoms with Gasteiger partial charge in [-0.25, -0.2) is 19.2 Å². The molecule has 0 bridgehead atoms. The van der Waals surface area contributed by atoms with E-state index in [0.717, 1.165) is 11.1 Å². The van der Waals surface area contributed by atoms with Gasteiger partial charge in [0.15, 0.2) is 6.04 Å². The number of amides is 2. The van der Waals surface area contributed by atoms with Crippen molar-refractivity contribution in [1.82, 2.24) is 10.6 Å². The topological polar surface area (TPSA) is 274 Å². The standard InChI is InChI=1S/C17H25NO4.C16H23NO5.C9H19NO2.C8H17NO3/c1-12(2)14(15(19)22-17(3,4)5)18-16(20)21-11-13-9-7-6-8-10-13;1-11(18)13(14(19)22-16(2,3)4)17-15(20)21-10-12-8-6-5-7-9-12;1-6(2)7(10)8(11)12-9(3,4)5;1-5(10)6(9)7(11)12-8(2,3)4/h6-10,12,14H,11H2,1-5H3,(H,18,20);5-9,11,13,18H,10H2,1-4H3,(H,17,20);6-7H,10H2,1-5H3;5-6,10H,9H2,1-4H3/t14-;11-,13+;7-;5-,6+/m0101/s1. The molecule has 0 radical (unpaired) electrons. The van der Waals surface area contributed by atoms with Gasteiger partial charge in [-0.2, -0.15) is 0 Å². The van der Waals surface area contributed by atoms with Crippen molar-refractivity contribution in [3.63, 3.8) is 0 Å². The highest BCUT2D eigenvalue weighted by atomic mass is 16.6.